The summed E-state index contributed by atoms with van der Waals surface area (Å²) in [5.41, 5.74) is 0.771. The van der Waals surface area contributed by atoms with Crippen molar-refractivity contribution < 1.29 is 14.7 Å². The molecule has 0 aromatic heterocycles. The summed E-state index contributed by atoms with van der Waals surface area (Å²) in [5.74, 6) is -0.711. The lowest BCUT2D eigenvalue weighted by atomic mass is 9.87. The molecule has 0 saturated carbocycles. The second-order valence-electron chi connectivity index (χ2n) is 5.24. The number of hydrogen-bond acceptors (Lipinski definition) is 2. The second kappa shape index (κ2) is 5.80. The van der Waals surface area contributed by atoms with Crippen LogP contribution in [0.25, 0.3) is 0 Å². The highest BCUT2D eigenvalue weighted by Gasteiger charge is 2.26. The lowest BCUT2D eigenvalue weighted by Crippen LogP contribution is -2.23. The Balaban J connectivity index is 2.31. The quantitative estimate of drug-likeness (QED) is 0.703. The number of rotatable bonds is 7. The summed E-state index contributed by atoms with van der Waals surface area (Å²) in [4.78, 5) is 22.7. The first-order valence-corrected chi connectivity index (χ1v) is 6.20. The van der Waals surface area contributed by atoms with Gasteiger partial charge in [-0.1, -0.05) is 31.2 Å². The number of allylic oxidation sites excluding steroid dienone is 5. The fourth-order valence-corrected chi connectivity index (χ4v) is 1.87. The van der Waals surface area contributed by atoms with E-state index in [1.54, 1.807) is 26.0 Å². The van der Waals surface area contributed by atoms with Crippen molar-refractivity contribution in [2.24, 2.45) is 5.41 Å². The van der Waals surface area contributed by atoms with E-state index in [1.165, 1.54) is 0 Å². The molecular formula is C15H20O3. The van der Waals surface area contributed by atoms with Crippen molar-refractivity contribution >= 4 is 11.8 Å². The van der Waals surface area contributed by atoms with Gasteiger partial charge in [0.25, 0.3) is 0 Å². The molecule has 0 aliphatic heterocycles. The first-order valence-electron chi connectivity index (χ1n) is 6.20. The number of unbranched alkanes of at least 4 members (excludes halogenated alkanes) is 1. The molecule has 1 N–H and O–H groups in total. The first-order chi connectivity index (χ1) is 8.38. The Bertz CT molecular complexity index is 425. The Morgan fingerprint density at radius 2 is 2.06 bits per heavy atom. The Morgan fingerprint density at radius 3 is 2.56 bits per heavy atom. The topological polar surface area (TPSA) is 54.4 Å². The molecule has 0 spiro atoms. The van der Waals surface area contributed by atoms with Gasteiger partial charge in [0.05, 0.1) is 5.41 Å². The van der Waals surface area contributed by atoms with Gasteiger partial charge in [0, 0.05) is 11.1 Å². The van der Waals surface area contributed by atoms with E-state index >= 15 is 0 Å². The number of aliphatic carboxylic acids is 1. The van der Waals surface area contributed by atoms with Crippen molar-refractivity contribution in [1.29, 1.82) is 0 Å². The molecule has 18 heavy (non-hydrogen) atoms. The number of carboxylic acid groups (broad SMARTS) is 1. The molecule has 0 amide bonds. The van der Waals surface area contributed by atoms with Crippen molar-refractivity contribution in [1.82, 2.24) is 0 Å². The predicted octanol–water partition coefficient (Wildman–Crippen LogP) is 3.28. The zero-order chi connectivity index (χ0) is 13.8. The van der Waals surface area contributed by atoms with E-state index in [0.717, 1.165) is 18.4 Å². The minimum atomic E-state index is -0.769. The summed E-state index contributed by atoms with van der Waals surface area (Å²) in [7, 11) is 0. The van der Waals surface area contributed by atoms with Gasteiger partial charge in [-0.25, -0.2) is 0 Å². The van der Waals surface area contributed by atoms with Gasteiger partial charge in [0.15, 0.2) is 5.78 Å². The van der Waals surface area contributed by atoms with Crippen molar-refractivity contribution in [3.05, 3.63) is 36.0 Å². The van der Waals surface area contributed by atoms with Crippen molar-refractivity contribution in [3.63, 3.8) is 0 Å². The highest BCUT2D eigenvalue weighted by molar-refractivity contribution is 6.12. The summed E-state index contributed by atoms with van der Waals surface area (Å²) in [5, 5.41) is 8.98. The summed E-state index contributed by atoms with van der Waals surface area (Å²) >= 11 is 0. The lowest BCUT2D eigenvalue weighted by molar-refractivity contribution is -0.147. The molecule has 0 unspecified atom stereocenters. The summed E-state index contributed by atoms with van der Waals surface area (Å²) < 4.78 is 0. The Morgan fingerprint density at radius 1 is 1.39 bits per heavy atom. The highest BCUT2D eigenvalue weighted by Crippen LogP contribution is 2.26. The van der Waals surface area contributed by atoms with Crippen LogP contribution >= 0.6 is 0 Å². The van der Waals surface area contributed by atoms with E-state index in [9.17, 15) is 9.59 Å². The lowest BCUT2D eigenvalue weighted by Gasteiger charge is -2.18. The number of hydrogen-bond donors (Lipinski definition) is 1. The van der Waals surface area contributed by atoms with Crippen LogP contribution in [0.1, 0.15) is 39.5 Å². The molecule has 0 aromatic rings. The molecule has 1 aliphatic rings. The molecule has 98 valence electrons. The molecular weight excluding hydrogens is 228 g/mol. The van der Waals surface area contributed by atoms with Gasteiger partial charge in [-0.2, -0.15) is 0 Å². The molecule has 0 saturated heterocycles. The van der Waals surface area contributed by atoms with E-state index in [2.05, 4.69) is 6.58 Å². The number of carbonyl (C=O) groups is 2. The zero-order valence-corrected chi connectivity index (χ0v) is 11.0. The molecule has 1 rings (SSSR count). The van der Waals surface area contributed by atoms with Crippen LogP contribution in [0.15, 0.2) is 36.0 Å². The van der Waals surface area contributed by atoms with Crippen LogP contribution in [-0.2, 0) is 9.59 Å². The average molecular weight is 248 g/mol. The molecule has 3 nitrogen and oxygen atoms in total. The molecule has 0 bridgehead atoms. The molecule has 3 heteroatoms. The van der Waals surface area contributed by atoms with E-state index in [-0.39, 0.29) is 5.78 Å². The van der Waals surface area contributed by atoms with Crippen LogP contribution in [0.5, 0.6) is 0 Å². The molecule has 0 radical (unpaired) electrons. The maximum absolute atomic E-state index is 11.7. The van der Waals surface area contributed by atoms with E-state index in [0.29, 0.717) is 18.4 Å². The maximum Gasteiger partial charge on any atom is 0.309 e. The Kier molecular flexibility index (Phi) is 4.65. The average Bonchev–Trinajstić information content (AvgIpc) is 2.65. The van der Waals surface area contributed by atoms with Crippen molar-refractivity contribution in [2.45, 2.75) is 39.5 Å². The molecule has 0 aromatic carbocycles. The molecule has 0 atom stereocenters. The predicted molar refractivity (Wildman–Crippen MR) is 71.3 cm³/mol. The third-order valence-corrected chi connectivity index (χ3v) is 3.31. The minimum absolute atomic E-state index is 0.0579. The Labute approximate surface area is 108 Å². The number of carbonyl (C=O) groups excluding carboxylic acids is 1. The third kappa shape index (κ3) is 3.42. The SMILES string of the molecule is C=CC1=CC=C(CCCCC(C)(C)C(=O)O)C1=O. The van der Waals surface area contributed by atoms with Gasteiger partial charge in [-0.15, -0.1) is 0 Å². The van der Waals surface area contributed by atoms with Gasteiger partial charge >= 0.3 is 5.97 Å². The van der Waals surface area contributed by atoms with Crippen LogP contribution in [0.3, 0.4) is 0 Å². The summed E-state index contributed by atoms with van der Waals surface area (Å²) in [6.07, 6.45) is 8.18. The van der Waals surface area contributed by atoms with Crippen LogP contribution < -0.4 is 0 Å². The fourth-order valence-electron chi connectivity index (χ4n) is 1.87. The van der Waals surface area contributed by atoms with Crippen molar-refractivity contribution in [3.8, 4) is 0 Å². The standard InChI is InChI=1S/C15H20O3/c1-4-11-8-9-12(13(11)16)7-5-6-10-15(2,3)14(17)18/h4,8-9H,1,5-7,10H2,2-3H3,(H,17,18). The van der Waals surface area contributed by atoms with Gasteiger partial charge < -0.3 is 5.11 Å². The maximum atomic E-state index is 11.7. The second-order valence-corrected chi connectivity index (χ2v) is 5.24. The van der Waals surface area contributed by atoms with Gasteiger partial charge in [0.1, 0.15) is 0 Å². The zero-order valence-electron chi connectivity index (χ0n) is 11.0. The van der Waals surface area contributed by atoms with Crippen LogP contribution in [-0.4, -0.2) is 16.9 Å². The van der Waals surface area contributed by atoms with Gasteiger partial charge in [0.2, 0.25) is 0 Å². The van der Waals surface area contributed by atoms with E-state index in [1.807, 2.05) is 6.08 Å². The number of ketones is 1. The third-order valence-electron chi connectivity index (χ3n) is 3.31. The molecule has 0 fully saturated rings. The first kappa shape index (κ1) is 14.4. The monoisotopic (exact) mass is 248 g/mol. The minimum Gasteiger partial charge on any atom is -0.481 e. The van der Waals surface area contributed by atoms with Crippen LogP contribution in [0, 0.1) is 5.41 Å². The Hall–Kier alpha value is -1.64. The summed E-state index contributed by atoms with van der Waals surface area (Å²) in [6, 6.07) is 0. The smallest absolute Gasteiger partial charge is 0.309 e. The largest absolute Gasteiger partial charge is 0.481 e. The number of carboxylic acids is 1. The van der Waals surface area contributed by atoms with Crippen LogP contribution in [0.4, 0.5) is 0 Å². The summed E-state index contributed by atoms with van der Waals surface area (Å²) in [6.45, 7) is 7.05. The highest BCUT2D eigenvalue weighted by atomic mass is 16.4. The fraction of sp³-hybridized carbons (Fsp3) is 0.467. The van der Waals surface area contributed by atoms with Gasteiger partial charge in [-0.05, 0) is 33.1 Å². The van der Waals surface area contributed by atoms with Crippen molar-refractivity contribution in [2.75, 3.05) is 0 Å². The van der Waals surface area contributed by atoms with Crippen LogP contribution in [0.2, 0.25) is 0 Å². The van der Waals surface area contributed by atoms with Gasteiger partial charge in [-0.3, -0.25) is 9.59 Å². The normalized spacial score (nSPS) is 15.3. The molecule has 1 aliphatic carbocycles. The van der Waals surface area contributed by atoms with E-state index < -0.39 is 11.4 Å². The number of Topliss-reactive ketones (excluding diaryl/α,β-unsaturated/α-hetero) is 1. The van der Waals surface area contributed by atoms with E-state index in [4.69, 9.17) is 5.11 Å². The molecule has 0 heterocycles.